The largest absolute Gasteiger partial charge is 0.295 e. The van der Waals surface area contributed by atoms with Gasteiger partial charge in [0.15, 0.2) is 0 Å². The molecule has 2 radical (unpaired) electrons. The Kier molecular flexibility index (Phi) is 11.9. The van der Waals surface area contributed by atoms with Gasteiger partial charge in [-0.1, -0.05) is 109 Å². The molecule has 0 aliphatic heterocycles. The van der Waals surface area contributed by atoms with E-state index in [-0.39, 0.29) is 71.8 Å². The molecule has 0 unspecified atom stereocenters. The fraction of sp³-hybridized carbons (Fsp3) is 0. The van der Waals surface area contributed by atoms with Crippen LogP contribution in [0.5, 0.6) is 0 Å². The second-order valence-electron chi connectivity index (χ2n) is 7.94. The van der Waals surface area contributed by atoms with Gasteiger partial charge in [-0.25, -0.2) is 0 Å². The van der Waals surface area contributed by atoms with Crippen molar-refractivity contribution in [3.63, 3.8) is 0 Å². The van der Waals surface area contributed by atoms with E-state index in [1.807, 2.05) is 48.5 Å². The standard InChI is InChI=1S/C28H22O6S2.2Na.2H2/c29-35(30,31)27-7-3-1-5-25(27)19-13-21-9-15-23(16-10-21)24-17-11-22(12-18-24)14-20-26-6-2-4-8-28(26)36(32,33)34;;;;/h1-20H,(H,29,30,31)(H,32,33,34);;;2*1H. The normalized spacial score (nSPS) is 11.7. The summed E-state index contributed by atoms with van der Waals surface area (Å²) in [5.41, 5.74) is 4.48. The quantitative estimate of drug-likeness (QED) is 0.163. The van der Waals surface area contributed by atoms with Gasteiger partial charge in [-0.15, -0.1) is 0 Å². The van der Waals surface area contributed by atoms with Gasteiger partial charge >= 0.3 is 0 Å². The molecule has 0 aliphatic carbocycles. The van der Waals surface area contributed by atoms with Gasteiger partial charge in [0.2, 0.25) is 0 Å². The predicted octanol–water partition coefficient (Wildman–Crippen LogP) is 5.92. The van der Waals surface area contributed by atoms with Gasteiger partial charge in [0.05, 0.1) is 0 Å². The van der Waals surface area contributed by atoms with E-state index in [1.165, 1.54) is 12.1 Å². The molecule has 0 saturated carbocycles. The summed E-state index contributed by atoms with van der Waals surface area (Å²) in [6.07, 6.45) is 6.82. The van der Waals surface area contributed by atoms with Gasteiger partial charge in [0, 0.05) is 62.0 Å². The van der Waals surface area contributed by atoms with E-state index in [4.69, 9.17) is 0 Å². The summed E-state index contributed by atoms with van der Waals surface area (Å²) in [6.45, 7) is 0. The predicted molar refractivity (Wildman–Crippen MR) is 158 cm³/mol. The third-order valence-electron chi connectivity index (χ3n) is 5.46. The van der Waals surface area contributed by atoms with E-state index in [0.717, 1.165) is 22.3 Å². The van der Waals surface area contributed by atoms with Crippen LogP contribution in [0.15, 0.2) is 107 Å². The monoisotopic (exact) mass is 568 g/mol. The first-order valence-corrected chi connectivity index (χ1v) is 13.7. The van der Waals surface area contributed by atoms with Crippen LogP contribution in [-0.4, -0.2) is 85.1 Å². The maximum absolute atomic E-state index is 11.5. The SMILES string of the molecule is O=S(=O)(O)c1ccccc1C=Cc1ccc(-c2ccc(C=Cc3ccccc3S(=O)(=O)O)cc2)cc1.[HH].[HH].[Na].[Na]. The Hall–Kier alpha value is -1.82. The van der Waals surface area contributed by atoms with E-state index in [0.29, 0.717) is 11.1 Å². The van der Waals surface area contributed by atoms with Crippen molar-refractivity contribution in [2.75, 3.05) is 0 Å². The smallest absolute Gasteiger partial charge is 0.282 e. The molecule has 4 rings (SSSR count). The summed E-state index contributed by atoms with van der Waals surface area (Å²) >= 11 is 0. The molecule has 0 amide bonds. The number of hydrogen-bond acceptors (Lipinski definition) is 4. The molecule has 4 aromatic carbocycles. The Bertz CT molecular complexity index is 1550. The summed E-state index contributed by atoms with van der Waals surface area (Å²) in [5, 5.41) is 0. The third-order valence-corrected chi connectivity index (χ3v) is 7.31. The van der Waals surface area contributed by atoms with Crippen molar-refractivity contribution in [3.8, 4) is 11.1 Å². The first kappa shape index (κ1) is 32.4. The van der Waals surface area contributed by atoms with Crippen molar-refractivity contribution in [1.82, 2.24) is 0 Å². The Morgan fingerprint density at radius 3 is 1.11 bits per heavy atom. The average Bonchev–Trinajstić information content (AvgIpc) is 2.86. The summed E-state index contributed by atoms with van der Waals surface area (Å²) in [5.74, 6) is 0. The Balaban J connectivity index is 0.00000380. The van der Waals surface area contributed by atoms with Crippen LogP contribution in [0.2, 0.25) is 0 Å². The van der Waals surface area contributed by atoms with Gasteiger partial charge < -0.3 is 0 Å². The van der Waals surface area contributed by atoms with Crippen LogP contribution in [0.1, 0.15) is 25.1 Å². The van der Waals surface area contributed by atoms with E-state index in [2.05, 4.69) is 0 Å². The van der Waals surface area contributed by atoms with Crippen LogP contribution in [0.25, 0.3) is 35.4 Å². The molecule has 2 N–H and O–H groups in total. The van der Waals surface area contributed by atoms with Crippen molar-refractivity contribution in [1.29, 1.82) is 0 Å². The van der Waals surface area contributed by atoms with Crippen LogP contribution in [0, 0.1) is 0 Å². The molecule has 0 fully saturated rings. The minimum Gasteiger partial charge on any atom is -0.282 e. The van der Waals surface area contributed by atoms with Gasteiger partial charge in [0.1, 0.15) is 9.79 Å². The van der Waals surface area contributed by atoms with Crippen LogP contribution >= 0.6 is 0 Å². The zero-order chi connectivity index (χ0) is 25.8. The van der Waals surface area contributed by atoms with Gasteiger partial charge in [-0.05, 0) is 45.5 Å². The molecule has 0 atom stereocenters. The van der Waals surface area contributed by atoms with E-state index < -0.39 is 20.2 Å². The van der Waals surface area contributed by atoms with Crippen molar-refractivity contribution < 1.29 is 28.8 Å². The van der Waals surface area contributed by atoms with Crippen LogP contribution < -0.4 is 0 Å². The molecule has 4 aromatic rings. The zero-order valence-electron chi connectivity index (χ0n) is 20.9. The van der Waals surface area contributed by atoms with Gasteiger partial charge in [0.25, 0.3) is 20.2 Å². The summed E-state index contributed by atoms with van der Waals surface area (Å²) in [7, 11) is -8.61. The molecule has 0 bridgehead atoms. The summed E-state index contributed by atoms with van der Waals surface area (Å²) in [4.78, 5) is -0.290. The molecule has 0 aromatic heterocycles. The van der Waals surface area contributed by atoms with E-state index >= 15 is 0 Å². The van der Waals surface area contributed by atoms with Crippen LogP contribution in [0.4, 0.5) is 0 Å². The maximum Gasteiger partial charge on any atom is 0.295 e. The Morgan fingerprint density at radius 1 is 0.474 bits per heavy atom. The third kappa shape index (κ3) is 8.59. The number of hydrogen-bond donors (Lipinski definition) is 2. The van der Waals surface area contributed by atoms with Crippen molar-refractivity contribution in [2.45, 2.75) is 9.79 Å². The van der Waals surface area contributed by atoms with Crippen LogP contribution in [0.3, 0.4) is 0 Å². The van der Waals surface area contributed by atoms with E-state index in [1.54, 1.807) is 60.7 Å². The minimum atomic E-state index is -4.31. The molecule has 188 valence electrons. The van der Waals surface area contributed by atoms with Crippen LogP contribution in [-0.2, 0) is 20.2 Å². The topological polar surface area (TPSA) is 109 Å². The first-order valence-electron chi connectivity index (χ1n) is 10.8. The molecular formula is C28H26Na2O6S2. The number of benzene rings is 4. The second-order valence-corrected chi connectivity index (χ2v) is 10.7. The molecule has 0 spiro atoms. The fourth-order valence-electron chi connectivity index (χ4n) is 3.65. The molecule has 38 heavy (non-hydrogen) atoms. The van der Waals surface area contributed by atoms with Gasteiger partial charge in [-0.3, -0.25) is 9.11 Å². The number of rotatable bonds is 7. The Labute approximate surface area is 270 Å². The first-order chi connectivity index (χ1) is 17.1. The molecule has 0 heterocycles. The summed E-state index contributed by atoms with van der Waals surface area (Å²) < 4.78 is 64.9. The van der Waals surface area contributed by atoms with E-state index in [9.17, 15) is 25.9 Å². The minimum absolute atomic E-state index is 0. The zero-order valence-corrected chi connectivity index (χ0v) is 26.5. The summed E-state index contributed by atoms with van der Waals surface area (Å²) in [6, 6.07) is 27.8. The van der Waals surface area contributed by atoms with Gasteiger partial charge in [-0.2, -0.15) is 16.8 Å². The molecular weight excluding hydrogens is 542 g/mol. The van der Waals surface area contributed by atoms with Crippen molar-refractivity contribution in [3.05, 3.63) is 119 Å². The fourth-order valence-corrected chi connectivity index (χ4v) is 5.02. The maximum atomic E-state index is 11.5. The Morgan fingerprint density at radius 2 is 0.789 bits per heavy atom. The second kappa shape index (κ2) is 14.0. The van der Waals surface area contributed by atoms with Crippen molar-refractivity contribution in [2.24, 2.45) is 0 Å². The molecule has 10 heteroatoms. The molecule has 6 nitrogen and oxygen atoms in total. The van der Waals surface area contributed by atoms with Crippen molar-refractivity contribution >= 4 is 104 Å². The average molecular weight is 569 g/mol. The molecule has 0 aliphatic rings. The molecule has 0 saturated heterocycles.